The van der Waals surface area contributed by atoms with Gasteiger partial charge in [0.2, 0.25) is 0 Å². The summed E-state index contributed by atoms with van der Waals surface area (Å²) < 4.78 is 5.30. The Hall–Kier alpha value is -0.790. The number of aliphatic hydroxyl groups excluding tert-OH is 3. The Morgan fingerprint density at radius 2 is 2.15 bits per heavy atom. The maximum atomic E-state index is 10.1. The second kappa shape index (κ2) is 5.20. The highest BCUT2D eigenvalue weighted by Gasteiger charge is 2.48. The number of hydrazine groups is 1. The van der Waals surface area contributed by atoms with E-state index in [0.29, 0.717) is 17.2 Å². The minimum Gasteiger partial charge on any atom is -0.394 e. The van der Waals surface area contributed by atoms with Gasteiger partial charge < -0.3 is 25.8 Å². The summed E-state index contributed by atoms with van der Waals surface area (Å²) in [5.41, 5.74) is 9.58. The molecular weight excluding hydrogens is 381 g/mol. The normalized spacial score (nSPS) is 36.4. The van der Waals surface area contributed by atoms with Crippen LogP contribution in [0.25, 0.3) is 0 Å². The number of aliphatic hydroxyl groups is 3. The number of nitrogens with zero attached hydrogens (tertiary/aromatic N) is 3. The van der Waals surface area contributed by atoms with Crippen LogP contribution in [-0.2, 0) is 4.74 Å². The van der Waals surface area contributed by atoms with Gasteiger partial charge in [0.1, 0.15) is 34.5 Å². The van der Waals surface area contributed by atoms with E-state index >= 15 is 0 Å². The highest BCUT2D eigenvalue weighted by Crippen LogP contribution is 2.40. The smallest absolute Gasteiger partial charge is 0.174 e. The molecule has 0 aromatic carbocycles. The van der Waals surface area contributed by atoms with Crippen molar-refractivity contribution in [2.45, 2.75) is 28.6 Å². The van der Waals surface area contributed by atoms with Crippen LogP contribution in [0.2, 0.25) is 0 Å². The van der Waals surface area contributed by atoms with Gasteiger partial charge in [0.25, 0.3) is 0 Å². The zero-order valence-electron chi connectivity index (χ0n) is 10.2. The van der Waals surface area contributed by atoms with Crippen LogP contribution < -0.4 is 16.2 Å². The predicted octanol–water partition coefficient (Wildman–Crippen LogP) is -1.74. The first-order valence-corrected chi connectivity index (χ1v) is 7.21. The third-order valence-electron chi connectivity index (χ3n) is 3.40. The predicted molar refractivity (Wildman–Crippen MR) is 76.6 cm³/mol. The van der Waals surface area contributed by atoms with E-state index in [1.54, 1.807) is 0 Å². The molecule has 0 aliphatic carbocycles. The van der Waals surface area contributed by atoms with Crippen molar-refractivity contribution in [2.24, 2.45) is 0 Å². The molecule has 0 saturated carbocycles. The summed E-state index contributed by atoms with van der Waals surface area (Å²) in [5, 5.41) is 30.5. The standard InChI is InChI=1S/C10H14IN5O4/c11-7-4-8(12)13-2-14-9(4)16(15-7)10-6(19)5(18)3(1-17)20-10/h2-3,5-7,10,15,17-19H,1H2,(H2,12,13,14). The molecule has 5 unspecified atom stereocenters. The topological polar surface area (TPSA) is 137 Å². The zero-order valence-corrected chi connectivity index (χ0v) is 12.4. The lowest BCUT2D eigenvalue weighted by Gasteiger charge is -2.27. The number of fused-ring (bicyclic) bond motifs is 1. The van der Waals surface area contributed by atoms with Gasteiger partial charge in [-0.15, -0.1) is 0 Å². The Kier molecular flexibility index (Phi) is 3.68. The number of alkyl halides is 1. The molecule has 1 saturated heterocycles. The van der Waals surface area contributed by atoms with E-state index in [4.69, 9.17) is 15.6 Å². The van der Waals surface area contributed by atoms with Crippen molar-refractivity contribution in [1.82, 2.24) is 15.4 Å². The van der Waals surface area contributed by atoms with Crippen LogP contribution in [0.4, 0.5) is 11.6 Å². The third kappa shape index (κ3) is 2.03. The van der Waals surface area contributed by atoms with Crippen molar-refractivity contribution >= 4 is 34.2 Å². The van der Waals surface area contributed by atoms with E-state index in [1.807, 2.05) is 0 Å². The fraction of sp³-hybridized carbons (Fsp3) is 0.600. The number of anilines is 2. The van der Waals surface area contributed by atoms with Crippen molar-refractivity contribution < 1.29 is 20.1 Å². The quantitative estimate of drug-likeness (QED) is 0.224. The first-order chi connectivity index (χ1) is 9.54. The maximum Gasteiger partial charge on any atom is 0.174 e. The second-order valence-corrected chi connectivity index (χ2v) is 5.83. The highest BCUT2D eigenvalue weighted by atomic mass is 127. The van der Waals surface area contributed by atoms with Crippen molar-refractivity contribution in [1.29, 1.82) is 0 Å². The molecule has 20 heavy (non-hydrogen) atoms. The Balaban J connectivity index is 1.93. The molecule has 2 aliphatic rings. The largest absolute Gasteiger partial charge is 0.394 e. The first-order valence-electron chi connectivity index (χ1n) is 5.97. The Labute approximate surface area is 127 Å². The number of ether oxygens (including phenoxy) is 1. The average Bonchev–Trinajstić information content (AvgIpc) is 2.90. The van der Waals surface area contributed by atoms with Crippen LogP contribution in [0, 0.1) is 0 Å². The summed E-state index contributed by atoms with van der Waals surface area (Å²) in [5.74, 6) is 0.836. The number of nitrogen functional groups attached to an aromatic ring is 1. The van der Waals surface area contributed by atoms with Gasteiger partial charge in [-0.2, -0.15) is 0 Å². The lowest BCUT2D eigenvalue weighted by molar-refractivity contribution is -0.0249. The monoisotopic (exact) mass is 395 g/mol. The number of rotatable bonds is 2. The van der Waals surface area contributed by atoms with E-state index < -0.39 is 24.5 Å². The summed E-state index contributed by atoms with van der Waals surface area (Å²) in [6, 6.07) is 0. The summed E-state index contributed by atoms with van der Waals surface area (Å²) in [4.78, 5) is 8.07. The molecule has 0 amide bonds. The summed E-state index contributed by atoms with van der Waals surface area (Å²) in [7, 11) is 0. The van der Waals surface area contributed by atoms with E-state index in [0.717, 1.165) is 0 Å². The SMILES string of the molecule is Nc1ncnc2c1C(I)NN2C1OC(CO)C(O)C1O. The molecule has 3 rings (SSSR count). The Morgan fingerprint density at radius 3 is 2.80 bits per heavy atom. The zero-order chi connectivity index (χ0) is 14.4. The third-order valence-corrected chi connectivity index (χ3v) is 4.30. The first kappa shape index (κ1) is 14.2. The van der Waals surface area contributed by atoms with Gasteiger partial charge in [-0.1, -0.05) is 22.6 Å². The maximum absolute atomic E-state index is 10.1. The molecule has 9 nitrogen and oxygen atoms in total. The molecule has 110 valence electrons. The van der Waals surface area contributed by atoms with Gasteiger partial charge in [-0.3, -0.25) is 5.01 Å². The van der Waals surface area contributed by atoms with Crippen LogP contribution in [-0.4, -0.2) is 56.4 Å². The van der Waals surface area contributed by atoms with Crippen molar-refractivity contribution in [3.05, 3.63) is 11.9 Å². The van der Waals surface area contributed by atoms with Gasteiger partial charge in [0, 0.05) is 0 Å². The molecule has 0 bridgehead atoms. The molecular formula is C10H14IN5O4. The minimum absolute atomic E-state index is 0.176. The number of hydrogen-bond acceptors (Lipinski definition) is 9. The van der Waals surface area contributed by atoms with Crippen LogP contribution in [0.15, 0.2) is 6.33 Å². The molecule has 3 heterocycles. The van der Waals surface area contributed by atoms with Crippen molar-refractivity contribution in [3.63, 3.8) is 0 Å². The highest BCUT2D eigenvalue weighted by molar-refractivity contribution is 14.1. The van der Waals surface area contributed by atoms with Gasteiger partial charge in [0.05, 0.1) is 12.2 Å². The molecule has 1 aromatic heterocycles. The lowest BCUT2D eigenvalue weighted by atomic mass is 10.1. The second-order valence-electron chi connectivity index (χ2n) is 4.59. The summed E-state index contributed by atoms with van der Waals surface area (Å²) in [6.07, 6.45) is -2.73. The van der Waals surface area contributed by atoms with E-state index in [9.17, 15) is 10.2 Å². The molecule has 10 heteroatoms. The van der Waals surface area contributed by atoms with Gasteiger partial charge >= 0.3 is 0 Å². The molecule has 0 spiro atoms. The van der Waals surface area contributed by atoms with Crippen LogP contribution >= 0.6 is 22.6 Å². The fourth-order valence-electron chi connectivity index (χ4n) is 2.37. The number of hydrogen-bond donors (Lipinski definition) is 5. The molecule has 0 radical (unpaired) electrons. The van der Waals surface area contributed by atoms with E-state index in [1.165, 1.54) is 11.3 Å². The molecule has 5 atom stereocenters. The molecule has 1 aromatic rings. The minimum atomic E-state index is -1.18. The Morgan fingerprint density at radius 1 is 1.40 bits per heavy atom. The van der Waals surface area contributed by atoms with Crippen molar-refractivity contribution in [2.75, 3.05) is 17.3 Å². The van der Waals surface area contributed by atoms with E-state index in [-0.39, 0.29) is 10.7 Å². The number of nitrogens with one attached hydrogen (secondary N) is 1. The molecule has 1 fully saturated rings. The van der Waals surface area contributed by atoms with Crippen LogP contribution in [0.3, 0.4) is 0 Å². The van der Waals surface area contributed by atoms with Crippen LogP contribution in [0.5, 0.6) is 0 Å². The number of nitrogens with two attached hydrogens (primary N) is 1. The molecule has 6 N–H and O–H groups in total. The number of aromatic nitrogens is 2. The lowest BCUT2D eigenvalue weighted by Crippen LogP contribution is -2.49. The van der Waals surface area contributed by atoms with Gasteiger partial charge in [0.15, 0.2) is 12.0 Å². The fourth-order valence-corrected chi connectivity index (χ4v) is 3.27. The summed E-state index contributed by atoms with van der Waals surface area (Å²) >= 11 is 2.12. The van der Waals surface area contributed by atoms with Crippen LogP contribution in [0.1, 0.15) is 9.61 Å². The number of halogens is 1. The van der Waals surface area contributed by atoms with Gasteiger partial charge in [-0.25, -0.2) is 15.4 Å². The summed E-state index contributed by atoms with van der Waals surface area (Å²) in [6.45, 7) is -0.380. The average molecular weight is 395 g/mol. The Bertz CT molecular complexity index is 520. The van der Waals surface area contributed by atoms with Gasteiger partial charge in [-0.05, 0) is 0 Å². The molecule has 2 aliphatic heterocycles. The van der Waals surface area contributed by atoms with Crippen molar-refractivity contribution in [3.8, 4) is 0 Å². The van der Waals surface area contributed by atoms with E-state index in [2.05, 4.69) is 38.0 Å².